The fourth-order valence-corrected chi connectivity index (χ4v) is 4.86. The van der Waals surface area contributed by atoms with E-state index in [2.05, 4.69) is 29.9 Å². The van der Waals surface area contributed by atoms with Crippen LogP contribution in [0.2, 0.25) is 5.02 Å². The maximum absolute atomic E-state index is 14.2. The van der Waals surface area contributed by atoms with E-state index in [0.717, 1.165) is 54.3 Å². The molecule has 1 N–H and O–H groups in total. The van der Waals surface area contributed by atoms with Gasteiger partial charge in [-0.1, -0.05) is 35.9 Å². The molecule has 0 bridgehead atoms. The predicted molar refractivity (Wildman–Crippen MR) is 125 cm³/mol. The average Bonchev–Trinajstić information content (AvgIpc) is 3.26. The Morgan fingerprint density at radius 3 is 2.77 bits per heavy atom. The number of hydrogen-bond acceptors (Lipinski definition) is 5. The molecule has 0 saturated heterocycles. The van der Waals surface area contributed by atoms with Crippen molar-refractivity contribution in [2.45, 2.75) is 45.1 Å². The molecule has 1 aliphatic rings. The second-order valence-corrected chi connectivity index (χ2v) is 9.38. The van der Waals surface area contributed by atoms with Gasteiger partial charge in [0.2, 0.25) is 0 Å². The lowest BCUT2D eigenvalue weighted by molar-refractivity contribution is 0.0942. The normalized spacial score (nSPS) is 20.9. The molecule has 4 nitrogen and oxygen atoms in total. The highest BCUT2D eigenvalue weighted by atomic mass is 35.5. The molecule has 3 aromatic rings. The van der Waals surface area contributed by atoms with Crippen LogP contribution in [0.25, 0.3) is 0 Å². The first-order chi connectivity index (χ1) is 14.9. The Morgan fingerprint density at radius 1 is 1.29 bits per heavy atom. The number of nitrogens with zero attached hydrogens (tertiary/aromatic N) is 2. The number of anilines is 2. The van der Waals surface area contributed by atoms with E-state index in [9.17, 15) is 4.39 Å². The Kier molecular flexibility index (Phi) is 6.58. The second kappa shape index (κ2) is 9.37. The predicted octanol–water partition coefficient (Wildman–Crippen LogP) is 7.20. The summed E-state index contributed by atoms with van der Waals surface area (Å²) in [7, 11) is 0. The van der Waals surface area contributed by atoms with Crippen molar-refractivity contribution in [2.24, 2.45) is 5.41 Å². The molecule has 1 aliphatic carbocycles. The molecule has 1 fully saturated rings. The van der Waals surface area contributed by atoms with Gasteiger partial charge in [-0.2, -0.15) is 0 Å². The quantitative estimate of drug-likeness (QED) is 0.381. The number of thiazole rings is 1. The fourth-order valence-electron chi connectivity index (χ4n) is 4.16. The number of pyridine rings is 1. The summed E-state index contributed by atoms with van der Waals surface area (Å²) in [6, 6.07) is 10.9. The summed E-state index contributed by atoms with van der Waals surface area (Å²) in [4.78, 5) is 9.05. The number of allylic oxidation sites excluding steroid dienone is 1. The molecule has 0 spiro atoms. The lowest BCUT2D eigenvalue weighted by atomic mass is 9.66. The van der Waals surface area contributed by atoms with Gasteiger partial charge in [0.1, 0.15) is 5.82 Å². The summed E-state index contributed by atoms with van der Waals surface area (Å²) >= 11 is 7.42. The minimum atomic E-state index is -0.491. The van der Waals surface area contributed by atoms with Gasteiger partial charge in [-0.05, 0) is 68.7 Å². The first kappa shape index (κ1) is 21.8. The van der Waals surface area contributed by atoms with Crippen LogP contribution in [-0.2, 0) is 6.42 Å². The van der Waals surface area contributed by atoms with Crippen LogP contribution < -0.4 is 10.1 Å². The van der Waals surface area contributed by atoms with Crippen LogP contribution in [0, 0.1) is 11.2 Å². The first-order valence-corrected chi connectivity index (χ1v) is 11.6. The van der Waals surface area contributed by atoms with Gasteiger partial charge >= 0.3 is 0 Å². The lowest BCUT2D eigenvalue weighted by Gasteiger charge is -2.41. The monoisotopic (exact) mass is 457 g/mol. The molecule has 31 heavy (non-hydrogen) atoms. The molecule has 1 saturated carbocycles. The highest BCUT2D eigenvalue weighted by Crippen LogP contribution is 2.45. The van der Waals surface area contributed by atoms with Gasteiger partial charge in [-0.15, -0.1) is 11.3 Å². The van der Waals surface area contributed by atoms with E-state index in [1.165, 1.54) is 6.07 Å². The molecule has 0 amide bonds. The molecular formula is C24H25ClFN3OS. The van der Waals surface area contributed by atoms with E-state index in [-0.39, 0.29) is 22.3 Å². The number of benzene rings is 1. The van der Waals surface area contributed by atoms with Crippen LogP contribution in [0.1, 0.15) is 38.3 Å². The zero-order chi connectivity index (χ0) is 21.8. The van der Waals surface area contributed by atoms with Gasteiger partial charge in [0.25, 0.3) is 0 Å². The smallest absolute Gasteiger partial charge is 0.188 e. The van der Waals surface area contributed by atoms with E-state index in [4.69, 9.17) is 21.3 Å². The second-order valence-electron chi connectivity index (χ2n) is 8.08. The molecule has 2 aromatic heterocycles. The Hall–Kier alpha value is -2.44. The number of aromatic nitrogens is 2. The van der Waals surface area contributed by atoms with Crippen molar-refractivity contribution in [3.63, 3.8) is 0 Å². The largest absolute Gasteiger partial charge is 0.487 e. The molecule has 0 aliphatic heterocycles. The highest BCUT2D eigenvalue weighted by Gasteiger charge is 2.37. The van der Waals surface area contributed by atoms with Crippen LogP contribution in [-0.4, -0.2) is 16.1 Å². The topological polar surface area (TPSA) is 47.0 Å². The number of halogens is 2. The number of hydrogen-bond donors (Lipinski definition) is 1. The van der Waals surface area contributed by atoms with Crippen LogP contribution in [0.5, 0.6) is 5.75 Å². The van der Waals surface area contributed by atoms with Crippen molar-refractivity contribution >= 4 is 33.9 Å². The average molecular weight is 458 g/mol. The van der Waals surface area contributed by atoms with E-state index < -0.39 is 5.82 Å². The molecule has 1 aromatic carbocycles. The number of nitrogens with one attached hydrogen (secondary N) is 1. The number of ether oxygens (including phenoxy) is 1. The van der Waals surface area contributed by atoms with Crippen LogP contribution in [0.15, 0.2) is 60.1 Å². The highest BCUT2D eigenvalue weighted by molar-refractivity contribution is 7.13. The third-order valence-electron chi connectivity index (χ3n) is 6.00. The molecule has 0 radical (unpaired) electrons. The minimum absolute atomic E-state index is 0.0358. The van der Waals surface area contributed by atoms with E-state index in [0.29, 0.717) is 0 Å². The Bertz CT molecular complexity index is 1050. The number of rotatable bonds is 7. The summed E-state index contributed by atoms with van der Waals surface area (Å²) < 4.78 is 20.2. The maximum atomic E-state index is 14.2. The van der Waals surface area contributed by atoms with E-state index in [1.807, 2.05) is 17.5 Å². The molecule has 0 unspecified atom stereocenters. The maximum Gasteiger partial charge on any atom is 0.188 e. The lowest BCUT2D eigenvalue weighted by Crippen LogP contribution is -2.35. The summed E-state index contributed by atoms with van der Waals surface area (Å²) in [5.41, 5.74) is 2.13. The summed E-state index contributed by atoms with van der Waals surface area (Å²) in [6.45, 7) is 6.39. The van der Waals surface area contributed by atoms with Crippen molar-refractivity contribution < 1.29 is 9.13 Å². The van der Waals surface area contributed by atoms with Gasteiger partial charge in [0.05, 0.1) is 11.1 Å². The zero-order valence-electron chi connectivity index (χ0n) is 17.4. The van der Waals surface area contributed by atoms with Crippen LogP contribution in [0.3, 0.4) is 0 Å². The molecule has 162 valence electrons. The Labute approximate surface area is 191 Å². The molecule has 4 rings (SSSR count). The van der Waals surface area contributed by atoms with Gasteiger partial charge in [-0.25, -0.2) is 14.4 Å². The fraction of sp³-hybridized carbons (Fsp3) is 0.333. The van der Waals surface area contributed by atoms with Gasteiger partial charge in [0, 0.05) is 17.3 Å². The van der Waals surface area contributed by atoms with Gasteiger partial charge in [0.15, 0.2) is 16.7 Å². The van der Waals surface area contributed by atoms with Crippen molar-refractivity contribution in [2.75, 3.05) is 5.32 Å². The molecule has 2 heterocycles. The SMILES string of the molecule is C=C(C)C1(Cc2cccc(Nc3nccs3)n2)CCC(Oc2cccc(Cl)c2F)CC1. The first-order valence-electron chi connectivity index (χ1n) is 10.3. The van der Waals surface area contributed by atoms with E-state index >= 15 is 0 Å². The molecule has 0 atom stereocenters. The molecular weight excluding hydrogens is 433 g/mol. The third-order valence-corrected chi connectivity index (χ3v) is 6.98. The summed E-state index contributed by atoms with van der Waals surface area (Å²) in [5.74, 6) is 0.523. The minimum Gasteiger partial charge on any atom is -0.487 e. The summed E-state index contributed by atoms with van der Waals surface area (Å²) in [5, 5.41) is 6.09. The van der Waals surface area contributed by atoms with Crippen molar-refractivity contribution in [3.05, 3.63) is 76.7 Å². The van der Waals surface area contributed by atoms with Crippen molar-refractivity contribution in [1.29, 1.82) is 0 Å². The zero-order valence-corrected chi connectivity index (χ0v) is 19.0. The van der Waals surface area contributed by atoms with Crippen molar-refractivity contribution in [1.82, 2.24) is 9.97 Å². The third kappa shape index (κ3) is 5.08. The Morgan fingerprint density at radius 2 is 2.06 bits per heavy atom. The van der Waals surface area contributed by atoms with E-state index in [1.54, 1.807) is 29.7 Å². The summed E-state index contributed by atoms with van der Waals surface area (Å²) in [6.07, 6.45) is 6.04. The van der Waals surface area contributed by atoms with Crippen LogP contribution >= 0.6 is 22.9 Å². The van der Waals surface area contributed by atoms with Gasteiger partial charge in [-0.3, -0.25) is 0 Å². The Balaban J connectivity index is 1.43. The van der Waals surface area contributed by atoms with Gasteiger partial charge < -0.3 is 10.1 Å². The molecule has 7 heteroatoms. The van der Waals surface area contributed by atoms with Crippen molar-refractivity contribution in [3.8, 4) is 5.75 Å². The standard InChI is InChI=1S/C24H25ClFN3OS/c1-16(2)24(15-17-5-3-8-21(28-17)29-23-27-13-14-31-23)11-9-18(10-12-24)30-20-7-4-6-19(25)22(20)26/h3-8,13-14,18H,1,9-12,15H2,2H3,(H,27,28,29). The van der Waals surface area contributed by atoms with Crippen LogP contribution in [0.4, 0.5) is 15.3 Å².